The van der Waals surface area contributed by atoms with Crippen LogP contribution >= 0.6 is 15.9 Å². The van der Waals surface area contributed by atoms with Crippen LogP contribution < -0.4 is 10.5 Å². The molecule has 1 aromatic carbocycles. The fraction of sp³-hybridized carbons (Fsp3) is 0. The van der Waals surface area contributed by atoms with Crippen LogP contribution in [0.25, 0.3) is 0 Å². The zero-order chi connectivity index (χ0) is 14.0. The van der Waals surface area contributed by atoms with Gasteiger partial charge in [-0.2, -0.15) is 0 Å². The number of nitrogens with two attached hydrogens (primary N) is 1. The number of carbonyl (C=O) groups is 1. The van der Waals surface area contributed by atoms with Gasteiger partial charge in [-0.1, -0.05) is 15.9 Å². The highest BCUT2D eigenvalue weighted by Gasteiger charge is 2.16. The van der Waals surface area contributed by atoms with Crippen molar-refractivity contribution in [3.05, 3.63) is 46.3 Å². The number of ether oxygens (including phenoxy) is 1. The lowest BCUT2D eigenvalue weighted by molar-refractivity contribution is 0.0693. The van der Waals surface area contributed by atoms with E-state index in [4.69, 9.17) is 15.6 Å². The fourth-order valence-electron chi connectivity index (χ4n) is 1.36. The molecule has 0 aliphatic rings. The Morgan fingerprint density at radius 2 is 2.16 bits per heavy atom. The summed E-state index contributed by atoms with van der Waals surface area (Å²) >= 11 is 3.17. The van der Waals surface area contributed by atoms with E-state index in [9.17, 15) is 9.18 Å². The van der Waals surface area contributed by atoms with E-state index >= 15 is 0 Å². The number of benzene rings is 1. The van der Waals surface area contributed by atoms with Gasteiger partial charge in [0.1, 0.15) is 5.56 Å². The molecule has 0 radical (unpaired) electrons. The van der Waals surface area contributed by atoms with Crippen molar-refractivity contribution in [3.63, 3.8) is 0 Å². The molecule has 0 saturated heterocycles. The Morgan fingerprint density at radius 3 is 2.84 bits per heavy atom. The molecule has 1 aromatic heterocycles. The molecule has 0 amide bonds. The average Bonchev–Trinajstić information content (AvgIpc) is 2.35. The number of carboxylic acid groups (broad SMARTS) is 1. The van der Waals surface area contributed by atoms with E-state index in [0.29, 0.717) is 4.47 Å². The third-order valence-corrected chi connectivity index (χ3v) is 2.70. The van der Waals surface area contributed by atoms with Crippen molar-refractivity contribution in [2.75, 3.05) is 5.73 Å². The predicted octanol–water partition coefficient (Wildman–Crippen LogP) is 3.06. The van der Waals surface area contributed by atoms with Crippen LogP contribution in [0, 0.1) is 5.82 Å². The first kappa shape index (κ1) is 13.3. The molecule has 0 saturated carbocycles. The molecule has 3 N–H and O–H groups in total. The van der Waals surface area contributed by atoms with Crippen LogP contribution in [0.5, 0.6) is 11.6 Å². The normalized spacial score (nSPS) is 10.2. The van der Waals surface area contributed by atoms with E-state index in [1.165, 1.54) is 30.5 Å². The molecule has 0 aliphatic carbocycles. The standard InChI is InChI=1S/C12H8BrFN2O3/c13-6-1-2-9(14)10(3-6)19-11-8(12(17)18)4-7(15)5-16-11/h1-5H,15H2,(H,17,18). The zero-order valence-electron chi connectivity index (χ0n) is 9.43. The smallest absolute Gasteiger partial charge is 0.341 e. The van der Waals surface area contributed by atoms with Crippen molar-refractivity contribution in [1.29, 1.82) is 0 Å². The molecule has 19 heavy (non-hydrogen) atoms. The minimum atomic E-state index is -1.26. The number of nitrogens with zero attached hydrogens (tertiary/aromatic N) is 1. The molecule has 2 aromatic rings. The van der Waals surface area contributed by atoms with Gasteiger partial charge in [-0.3, -0.25) is 0 Å². The van der Waals surface area contributed by atoms with Crippen LogP contribution in [0.3, 0.4) is 0 Å². The van der Waals surface area contributed by atoms with Crippen LogP contribution in [0.15, 0.2) is 34.9 Å². The second kappa shape index (κ2) is 5.23. The summed E-state index contributed by atoms with van der Waals surface area (Å²) in [5, 5.41) is 9.01. The van der Waals surface area contributed by atoms with Crippen molar-refractivity contribution < 1.29 is 19.0 Å². The third-order valence-electron chi connectivity index (χ3n) is 2.20. The Labute approximate surface area is 116 Å². The van der Waals surface area contributed by atoms with E-state index in [0.717, 1.165) is 0 Å². The van der Waals surface area contributed by atoms with Gasteiger partial charge in [-0.05, 0) is 24.3 Å². The Bertz CT molecular complexity index is 649. The first-order valence-corrected chi connectivity index (χ1v) is 5.88. The molecule has 0 unspecified atom stereocenters. The summed E-state index contributed by atoms with van der Waals surface area (Å²) in [6, 6.07) is 5.26. The zero-order valence-corrected chi connectivity index (χ0v) is 11.0. The minimum absolute atomic E-state index is 0.130. The van der Waals surface area contributed by atoms with E-state index in [2.05, 4.69) is 20.9 Å². The second-order valence-electron chi connectivity index (χ2n) is 3.60. The number of anilines is 1. The molecule has 5 nitrogen and oxygen atoms in total. The molecule has 0 bridgehead atoms. The van der Waals surface area contributed by atoms with E-state index in [1.807, 2.05) is 0 Å². The molecular weight excluding hydrogens is 319 g/mol. The lowest BCUT2D eigenvalue weighted by atomic mass is 10.2. The van der Waals surface area contributed by atoms with E-state index < -0.39 is 11.8 Å². The molecule has 7 heteroatoms. The highest BCUT2D eigenvalue weighted by atomic mass is 79.9. The van der Waals surface area contributed by atoms with E-state index in [-0.39, 0.29) is 22.9 Å². The van der Waals surface area contributed by atoms with Crippen LogP contribution in [0.2, 0.25) is 0 Å². The van der Waals surface area contributed by atoms with Crippen molar-refractivity contribution >= 4 is 27.6 Å². The first-order chi connectivity index (χ1) is 8.97. The number of aromatic carboxylic acids is 1. The number of nitrogen functional groups attached to an aromatic ring is 1. The lowest BCUT2D eigenvalue weighted by Crippen LogP contribution is -2.04. The Balaban J connectivity index is 2.43. The lowest BCUT2D eigenvalue weighted by Gasteiger charge is -2.09. The summed E-state index contributed by atoms with van der Waals surface area (Å²) in [7, 11) is 0. The summed E-state index contributed by atoms with van der Waals surface area (Å²) in [6.45, 7) is 0. The predicted molar refractivity (Wildman–Crippen MR) is 69.8 cm³/mol. The molecule has 98 valence electrons. The minimum Gasteiger partial charge on any atom is -0.477 e. The maximum atomic E-state index is 13.5. The highest BCUT2D eigenvalue weighted by molar-refractivity contribution is 9.10. The monoisotopic (exact) mass is 326 g/mol. The van der Waals surface area contributed by atoms with Crippen molar-refractivity contribution in [1.82, 2.24) is 4.98 Å². The van der Waals surface area contributed by atoms with Gasteiger partial charge in [0, 0.05) is 4.47 Å². The Hall–Kier alpha value is -2.15. The SMILES string of the molecule is Nc1cnc(Oc2cc(Br)ccc2F)c(C(=O)O)c1. The number of hydrogen-bond acceptors (Lipinski definition) is 4. The quantitative estimate of drug-likeness (QED) is 0.905. The van der Waals surface area contributed by atoms with Crippen LogP contribution in [-0.2, 0) is 0 Å². The summed E-state index contributed by atoms with van der Waals surface area (Å²) < 4.78 is 19.3. The molecule has 1 heterocycles. The number of aromatic nitrogens is 1. The van der Waals surface area contributed by atoms with E-state index in [1.54, 1.807) is 0 Å². The number of hydrogen-bond donors (Lipinski definition) is 2. The number of halogens is 2. The fourth-order valence-corrected chi connectivity index (χ4v) is 1.70. The van der Waals surface area contributed by atoms with Crippen molar-refractivity contribution in [2.45, 2.75) is 0 Å². The molecule has 0 fully saturated rings. The summed E-state index contributed by atoms with van der Waals surface area (Å²) in [5.41, 5.74) is 5.39. The highest BCUT2D eigenvalue weighted by Crippen LogP contribution is 2.29. The molecule has 0 aliphatic heterocycles. The average molecular weight is 327 g/mol. The van der Waals surface area contributed by atoms with Crippen LogP contribution in [-0.4, -0.2) is 16.1 Å². The number of pyridine rings is 1. The topological polar surface area (TPSA) is 85.4 Å². The van der Waals surface area contributed by atoms with Gasteiger partial charge < -0.3 is 15.6 Å². The first-order valence-electron chi connectivity index (χ1n) is 5.09. The van der Waals surface area contributed by atoms with Gasteiger partial charge in [-0.15, -0.1) is 0 Å². The van der Waals surface area contributed by atoms with Crippen molar-refractivity contribution in [3.8, 4) is 11.6 Å². The largest absolute Gasteiger partial charge is 0.477 e. The molecule has 0 atom stereocenters. The van der Waals surface area contributed by atoms with Gasteiger partial charge in [0.2, 0.25) is 5.88 Å². The van der Waals surface area contributed by atoms with Crippen LogP contribution in [0.1, 0.15) is 10.4 Å². The summed E-state index contributed by atoms with van der Waals surface area (Å²) in [5.74, 6) is -2.24. The Kier molecular flexibility index (Phi) is 3.66. The third kappa shape index (κ3) is 3.00. The summed E-state index contributed by atoms with van der Waals surface area (Å²) in [6.07, 6.45) is 1.23. The summed E-state index contributed by atoms with van der Waals surface area (Å²) in [4.78, 5) is 14.8. The number of rotatable bonds is 3. The second-order valence-corrected chi connectivity index (χ2v) is 4.52. The number of carboxylic acids is 1. The molecular formula is C12H8BrFN2O3. The Morgan fingerprint density at radius 1 is 1.42 bits per heavy atom. The molecule has 2 rings (SSSR count). The van der Waals surface area contributed by atoms with Gasteiger partial charge in [0.05, 0.1) is 11.9 Å². The van der Waals surface area contributed by atoms with Gasteiger partial charge in [0.15, 0.2) is 11.6 Å². The van der Waals surface area contributed by atoms with Crippen LogP contribution in [0.4, 0.5) is 10.1 Å². The molecule has 0 spiro atoms. The maximum Gasteiger partial charge on any atom is 0.341 e. The van der Waals surface area contributed by atoms with Crippen molar-refractivity contribution in [2.24, 2.45) is 0 Å². The van der Waals surface area contributed by atoms with Gasteiger partial charge in [0.25, 0.3) is 0 Å². The van der Waals surface area contributed by atoms with Gasteiger partial charge in [-0.25, -0.2) is 14.2 Å². The van der Waals surface area contributed by atoms with Gasteiger partial charge >= 0.3 is 5.97 Å². The maximum absolute atomic E-state index is 13.5.